The van der Waals surface area contributed by atoms with Crippen LogP contribution in [-0.4, -0.2) is 55.4 Å². The number of hydrogen-bond donors (Lipinski definition) is 2. The first-order chi connectivity index (χ1) is 7.78. The average molecular weight is 268 g/mol. The third kappa shape index (κ3) is 5.41. The lowest BCUT2D eigenvalue weighted by atomic mass is 10.0. The Morgan fingerprint density at radius 3 is 2.76 bits per heavy atom. The van der Waals surface area contributed by atoms with Crippen molar-refractivity contribution in [2.45, 2.75) is 31.6 Å². The summed E-state index contributed by atoms with van der Waals surface area (Å²) in [6, 6.07) is -0.535. The highest BCUT2D eigenvalue weighted by Gasteiger charge is 2.30. The molecule has 9 heteroatoms. The molecule has 100 valence electrons. The van der Waals surface area contributed by atoms with Gasteiger partial charge in [-0.1, -0.05) is 0 Å². The summed E-state index contributed by atoms with van der Waals surface area (Å²) in [6.45, 7) is 0.912. The molecule has 3 atom stereocenters. The van der Waals surface area contributed by atoms with Crippen LogP contribution >= 0.6 is 0 Å². The van der Waals surface area contributed by atoms with Gasteiger partial charge in [0.2, 0.25) is 16.3 Å². The molecule has 0 aliphatic carbocycles. The fourth-order valence-corrected chi connectivity index (χ4v) is 1.85. The largest absolute Gasteiger partial charge is 0.726 e. The topological polar surface area (TPSA) is 125 Å². The molecule has 1 aliphatic rings. The van der Waals surface area contributed by atoms with Gasteiger partial charge in [-0.3, -0.25) is 8.98 Å². The van der Waals surface area contributed by atoms with Crippen molar-refractivity contribution >= 4 is 16.3 Å². The Bertz CT molecular complexity index is 368. The Kier molecular flexibility index (Phi) is 4.83. The Hall–Kier alpha value is -0.740. The predicted molar refractivity (Wildman–Crippen MR) is 53.6 cm³/mol. The normalized spacial score (nSPS) is 29.9. The van der Waals surface area contributed by atoms with Crippen LogP contribution in [-0.2, 0) is 24.1 Å². The van der Waals surface area contributed by atoms with E-state index in [4.69, 9.17) is 4.74 Å². The summed E-state index contributed by atoms with van der Waals surface area (Å²) in [7, 11) is -4.75. The van der Waals surface area contributed by atoms with Crippen LogP contribution in [0.4, 0.5) is 0 Å². The van der Waals surface area contributed by atoms with E-state index in [1.807, 2.05) is 0 Å². The summed E-state index contributed by atoms with van der Waals surface area (Å²) in [5.74, 6) is -0.297. The third-order valence-corrected chi connectivity index (χ3v) is 2.69. The number of carbonyl (C=O) groups excluding carboxylic acids is 1. The maximum absolute atomic E-state index is 10.8. The number of aliphatic hydroxyl groups excluding tert-OH is 1. The van der Waals surface area contributed by atoms with Crippen molar-refractivity contribution in [1.82, 2.24) is 5.32 Å². The van der Waals surface area contributed by atoms with Gasteiger partial charge in [-0.05, 0) is 0 Å². The molecule has 8 nitrogen and oxygen atoms in total. The minimum Gasteiger partial charge on any atom is -0.726 e. The summed E-state index contributed by atoms with van der Waals surface area (Å²) in [6.07, 6.45) is -1.46. The molecule has 0 saturated carbocycles. The van der Waals surface area contributed by atoms with Crippen LogP contribution in [0.2, 0.25) is 0 Å². The zero-order valence-electron chi connectivity index (χ0n) is 9.16. The third-order valence-electron chi connectivity index (χ3n) is 2.27. The second-order valence-electron chi connectivity index (χ2n) is 3.76. The SMILES string of the molecule is CC(=O)NC1COC(COS(=O)(=O)[O-])C[C@H]1O. The van der Waals surface area contributed by atoms with Gasteiger partial charge in [-0.2, -0.15) is 0 Å². The fourth-order valence-electron chi connectivity index (χ4n) is 1.53. The maximum Gasteiger partial charge on any atom is 0.217 e. The number of nitrogens with one attached hydrogen (secondary N) is 1. The van der Waals surface area contributed by atoms with Gasteiger partial charge in [0, 0.05) is 13.3 Å². The summed E-state index contributed by atoms with van der Waals surface area (Å²) in [5.41, 5.74) is 0. The fraction of sp³-hybridized carbons (Fsp3) is 0.875. The second-order valence-corrected chi connectivity index (χ2v) is 4.81. The number of carbonyl (C=O) groups is 1. The van der Waals surface area contributed by atoms with E-state index >= 15 is 0 Å². The highest BCUT2D eigenvalue weighted by molar-refractivity contribution is 7.80. The Balaban J connectivity index is 2.39. The molecule has 0 bridgehead atoms. The smallest absolute Gasteiger partial charge is 0.217 e. The van der Waals surface area contributed by atoms with Crippen LogP contribution in [0.1, 0.15) is 13.3 Å². The lowest BCUT2D eigenvalue weighted by Gasteiger charge is -2.33. The van der Waals surface area contributed by atoms with Crippen molar-refractivity contribution in [3.05, 3.63) is 0 Å². The minimum atomic E-state index is -4.75. The molecule has 1 heterocycles. The lowest BCUT2D eigenvalue weighted by molar-refractivity contribution is -0.125. The van der Waals surface area contributed by atoms with Gasteiger partial charge in [0.1, 0.15) is 0 Å². The van der Waals surface area contributed by atoms with Crippen LogP contribution < -0.4 is 5.32 Å². The summed E-state index contributed by atoms with van der Waals surface area (Å²) >= 11 is 0. The minimum absolute atomic E-state index is 0.0354. The monoisotopic (exact) mass is 268 g/mol. The molecule has 0 spiro atoms. The van der Waals surface area contributed by atoms with Gasteiger partial charge in [0.05, 0.1) is 31.5 Å². The Labute approximate surface area is 98.9 Å². The van der Waals surface area contributed by atoms with Gasteiger partial charge < -0.3 is 19.7 Å². The Morgan fingerprint density at radius 1 is 1.65 bits per heavy atom. The standard InChI is InChI=1S/C8H15NO7S/c1-5(10)9-7-4-15-6(2-8(7)11)3-16-17(12,13)14/h6-8,11H,2-4H2,1H3,(H,9,10)(H,12,13,14)/p-1/t6?,7?,8-/m1/s1. The number of rotatable bonds is 4. The summed E-state index contributed by atoms with van der Waals surface area (Å²) in [5, 5.41) is 12.1. The van der Waals surface area contributed by atoms with Crippen molar-refractivity contribution in [2.24, 2.45) is 0 Å². The van der Waals surface area contributed by atoms with Crippen LogP contribution in [0.15, 0.2) is 0 Å². The number of aliphatic hydroxyl groups is 1. The second kappa shape index (κ2) is 5.74. The molecular weight excluding hydrogens is 254 g/mol. The van der Waals surface area contributed by atoms with Gasteiger partial charge >= 0.3 is 0 Å². The van der Waals surface area contributed by atoms with E-state index < -0.39 is 35.3 Å². The quantitative estimate of drug-likeness (QED) is 0.451. The molecule has 0 aromatic heterocycles. The maximum atomic E-state index is 10.8. The van der Waals surface area contributed by atoms with Crippen LogP contribution in [0.5, 0.6) is 0 Å². The molecule has 0 radical (unpaired) electrons. The average Bonchev–Trinajstić information content (AvgIpc) is 2.17. The zero-order valence-corrected chi connectivity index (χ0v) is 9.97. The van der Waals surface area contributed by atoms with Crippen molar-refractivity contribution in [2.75, 3.05) is 13.2 Å². The first kappa shape index (κ1) is 14.3. The van der Waals surface area contributed by atoms with E-state index in [1.54, 1.807) is 0 Å². The highest BCUT2D eigenvalue weighted by atomic mass is 32.3. The molecule has 1 saturated heterocycles. The van der Waals surface area contributed by atoms with Gasteiger partial charge in [-0.15, -0.1) is 0 Å². The first-order valence-corrected chi connectivity index (χ1v) is 6.28. The van der Waals surface area contributed by atoms with Crippen LogP contribution in [0, 0.1) is 0 Å². The molecule has 0 aromatic rings. The molecule has 1 aliphatic heterocycles. The summed E-state index contributed by atoms with van der Waals surface area (Å²) < 4.78 is 39.8. The van der Waals surface area contributed by atoms with E-state index in [0.717, 1.165) is 0 Å². The van der Waals surface area contributed by atoms with E-state index in [9.17, 15) is 22.9 Å². The molecule has 0 aromatic carbocycles. The number of hydrogen-bond acceptors (Lipinski definition) is 7. The molecule has 2 N–H and O–H groups in total. The van der Waals surface area contributed by atoms with Crippen molar-refractivity contribution in [3.8, 4) is 0 Å². The molecule has 1 rings (SSSR count). The number of ether oxygens (including phenoxy) is 1. The van der Waals surface area contributed by atoms with E-state index in [1.165, 1.54) is 6.92 Å². The van der Waals surface area contributed by atoms with Crippen molar-refractivity contribution in [1.29, 1.82) is 0 Å². The molecule has 17 heavy (non-hydrogen) atoms. The van der Waals surface area contributed by atoms with Crippen molar-refractivity contribution in [3.63, 3.8) is 0 Å². The van der Waals surface area contributed by atoms with Gasteiger partial charge in [0.25, 0.3) is 0 Å². The molecule has 1 fully saturated rings. The van der Waals surface area contributed by atoms with E-state index in [2.05, 4.69) is 9.50 Å². The van der Waals surface area contributed by atoms with Gasteiger partial charge in [-0.25, -0.2) is 8.42 Å². The molecule has 2 unspecified atom stereocenters. The van der Waals surface area contributed by atoms with Crippen LogP contribution in [0.25, 0.3) is 0 Å². The highest BCUT2D eigenvalue weighted by Crippen LogP contribution is 2.15. The first-order valence-electron chi connectivity index (χ1n) is 4.95. The predicted octanol–water partition coefficient (Wildman–Crippen LogP) is -1.88. The van der Waals surface area contributed by atoms with Gasteiger partial charge in [0.15, 0.2) is 0 Å². The van der Waals surface area contributed by atoms with E-state index in [-0.39, 0.29) is 18.9 Å². The molecule has 1 amide bonds. The summed E-state index contributed by atoms with van der Waals surface area (Å²) in [4.78, 5) is 10.8. The van der Waals surface area contributed by atoms with E-state index in [0.29, 0.717) is 0 Å². The van der Waals surface area contributed by atoms with Crippen molar-refractivity contribution < 1.29 is 31.8 Å². The Morgan fingerprint density at radius 2 is 2.29 bits per heavy atom. The number of amides is 1. The molecular formula is C8H14NO7S-. The van der Waals surface area contributed by atoms with Crippen LogP contribution in [0.3, 0.4) is 0 Å². The zero-order chi connectivity index (χ0) is 13.1. The lowest BCUT2D eigenvalue weighted by Crippen LogP contribution is -2.52.